The summed E-state index contributed by atoms with van der Waals surface area (Å²) < 4.78 is 3.72. The Kier molecular flexibility index (Phi) is 6.89. The highest BCUT2D eigenvalue weighted by atomic mass is 32.1. The lowest BCUT2D eigenvalue weighted by atomic mass is 10.0. The number of hydrogen-bond acceptors (Lipinski definition) is 4. The van der Waals surface area contributed by atoms with E-state index >= 15 is 0 Å². The molecule has 0 spiro atoms. The minimum absolute atomic E-state index is 1.06. The Labute approximate surface area is 281 Å². The second-order valence-corrected chi connectivity index (χ2v) is 13.7. The summed E-state index contributed by atoms with van der Waals surface area (Å²) in [4.78, 5) is 7.63. The van der Waals surface area contributed by atoms with Crippen molar-refractivity contribution in [1.29, 1.82) is 0 Å². The molecule has 9 rings (SSSR count). The van der Waals surface area contributed by atoms with Crippen molar-refractivity contribution >= 4 is 70.1 Å². The van der Waals surface area contributed by atoms with Crippen LogP contribution >= 0.6 is 22.7 Å². The molecule has 0 aliphatic carbocycles. The summed E-state index contributed by atoms with van der Waals surface area (Å²) in [5.41, 5.74) is 10.4. The number of nitrogens with zero attached hydrogens (tertiary/aromatic N) is 2. The van der Waals surface area contributed by atoms with Gasteiger partial charge in [0.1, 0.15) is 5.01 Å². The first kappa shape index (κ1) is 27.7. The Morgan fingerprint density at radius 1 is 0.426 bits per heavy atom. The fraction of sp³-hybridized carbons (Fsp3) is 0. The van der Waals surface area contributed by atoms with Crippen LogP contribution in [-0.4, -0.2) is 4.98 Å². The van der Waals surface area contributed by atoms with E-state index in [-0.39, 0.29) is 0 Å². The van der Waals surface area contributed by atoms with E-state index in [1.807, 2.05) is 11.3 Å². The van der Waals surface area contributed by atoms with Crippen LogP contribution in [0.3, 0.4) is 0 Å². The van der Waals surface area contributed by atoms with Crippen LogP contribution in [0.5, 0.6) is 0 Å². The van der Waals surface area contributed by atoms with Gasteiger partial charge in [0.15, 0.2) is 0 Å². The molecule has 0 bridgehead atoms. The molecule has 0 atom stereocenters. The van der Waals surface area contributed by atoms with Crippen molar-refractivity contribution in [2.45, 2.75) is 0 Å². The SMILES string of the molecule is c1ccc(-c2ccc(N(c3cccc(-c4ccccc4)c3)c3cccc4c3sc3ccc5sc(-c6ccccc6)nc5c34)cc2)cc1. The van der Waals surface area contributed by atoms with Gasteiger partial charge in [0.2, 0.25) is 0 Å². The summed E-state index contributed by atoms with van der Waals surface area (Å²) >= 11 is 3.61. The number of rotatable bonds is 6. The molecule has 0 saturated carbocycles. The maximum Gasteiger partial charge on any atom is 0.124 e. The Morgan fingerprint density at radius 3 is 1.74 bits per heavy atom. The van der Waals surface area contributed by atoms with Crippen molar-refractivity contribution in [2.75, 3.05) is 4.90 Å². The minimum Gasteiger partial charge on any atom is -0.309 e. The third-order valence-electron chi connectivity index (χ3n) is 8.70. The first-order valence-electron chi connectivity index (χ1n) is 15.7. The summed E-state index contributed by atoms with van der Waals surface area (Å²) in [5, 5.41) is 3.53. The van der Waals surface area contributed by atoms with Gasteiger partial charge in [-0.2, -0.15) is 0 Å². The number of thiazole rings is 1. The van der Waals surface area contributed by atoms with Crippen LogP contribution in [0.15, 0.2) is 170 Å². The topological polar surface area (TPSA) is 16.1 Å². The van der Waals surface area contributed by atoms with Gasteiger partial charge in [0.05, 0.1) is 20.6 Å². The molecule has 0 aliphatic rings. The second kappa shape index (κ2) is 11.7. The summed E-state index contributed by atoms with van der Waals surface area (Å²) in [7, 11) is 0. The largest absolute Gasteiger partial charge is 0.309 e. The molecule has 2 heterocycles. The Morgan fingerprint density at radius 2 is 1.02 bits per heavy atom. The molecule has 0 unspecified atom stereocenters. The van der Waals surface area contributed by atoms with Crippen LogP contribution in [0.4, 0.5) is 17.1 Å². The molecule has 0 amide bonds. The maximum atomic E-state index is 5.22. The van der Waals surface area contributed by atoms with Gasteiger partial charge >= 0.3 is 0 Å². The van der Waals surface area contributed by atoms with Crippen LogP contribution in [0.25, 0.3) is 63.2 Å². The van der Waals surface area contributed by atoms with Gasteiger partial charge in [0.25, 0.3) is 0 Å². The summed E-state index contributed by atoms with van der Waals surface area (Å²) in [5.74, 6) is 0. The van der Waals surface area contributed by atoms with Gasteiger partial charge in [-0.3, -0.25) is 0 Å². The lowest BCUT2D eigenvalue weighted by molar-refractivity contribution is 1.30. The smallest absolute Gasteiger partial charge is 0.124 e. The van der Waals surface area contributed by atoms with Gasteiger partial charge < -0.3 is 4.90 Å². The predicted molar refractivity (Wildman–Crippen MR) is 203 cm³/mol. The first-order chi connectivity index (χ1) is 23.3. The summed E-state index contributed by atoms with van der Waals surface area (Å²) in [6.45, 7) is 0. The highest BCUT2D eigenvalue weighted by Crippen LogP contribution is 2.47. The Hall–Kier alpha value is -5.55. The molecule has 7 aromatic carbocycles. The number of benzene rings is 7. The lowest BCUT2D eigenvalue weighted by Crippen LogP contribution is -2.10. The molecule has 0 radical (unpaired) electrons. The van der Waals surface area contributed by atoms with E-state index in [0.717, 1.165) is 33.1 Å². The zero-order chi connectivity index (χ0) is 31.2. The zero-order valence-corrected chi connectivity index (χ0v) is 27.0. The molecule has 2 nitrogen and oxygen atoms in total. The lowest BCUT2D eigenvalue weighted by Gasteiger charge is -2.27. The number of fused-ring (bicyclic) bond motifs is 5. The highest BCUT2D eigenvalue weighted by molar-refractivity contribution is 7.27. The third kappa shape index (κ3) is 4.99. The molecule has 47 heavy (non-hydrogen) atoms. The molecule has 222 valence electrons. The molecule has 0 saturated heterocycles. The molecule has 4 heteroatoms. The quantitative estimate of drug-likeness (QED) is 0.181. The van der Waals surface area contributed by atoms with Crippen LogP contribution in [0.1, 0.15) is 0 Å². The van der Waals surface area contributed by atoms with Crippen molar-refractivity contribution in [1.82, 2.24) is 4.98 Å². The van der Waals surface area contributed by atoms with Gasteiger partial charge in [-0.1, -0.05) is 127 Å². The Bertz CT molecular complexity index is 2500. The number of aromatic nitrogens is 1. The number of thiophene rings is 1. The van der Waals surface area contributed by atoms with E-state index in [0.29, 0.717) is 0 Å². The van der Waals surface area contributed by atoms with Crippen LogP contribution in [-0.2, 0) is 0 Å². The van der Waals surface area contributed by atoms with Gasteiger partial charge in [-0.15, -0.1) is 22.7 Å². The van der Waals surface area contributed by atoms with Gasteiger partial charge in [-0.25, -0.2) is 4.98 Å². The molecular weight excluding hydrogens is 609 g/mol. The highest BCUT2D eigenvalue weighted by Gasteiger charge is 2.21. The predicted octanol–water partition coefficient (Wildman–Crippen LogP) is 13.1. The zero-order valence-electron chi connectivity index (χ0n) is 25.4. The monoisotopic (exact) mass is 636 g/mol. The average molecular weight is 637 g/mol. The minimum atomic E-state index is 1.06. The molecular formula is C43H28N2S2. The van der Waals surface area contributed by atoms with Crippen molar-refractivity contribution in [3.05, 3.63) is 170 Å². The van der Waals surface area contributed by atoms with Crippen molar-refractivity contribution < 1.29 is 0 Å². The van der Waals surface area contributed by atoms with Crippen molar-refractivity contribution in [3.8, 4) is 32.8 Å². The fourth-order valence-corrected chi connectivity index (χ4v) is 8.64. The molecule has 0 fully saturated rings. The van der Waals surface area contributed by atoms with Crippen molar-refractivity contribution in [3.63, 3.8) is 0 Å². The third-order valence-corrected chi connectivity index (χ3v) is 11.0. The van der Waals surface area contributed by atoms with Crippen LogP contribution in [0, 0.1) is 0 Å². The average Bonchev–Trinajstić information content (AvgIpc) is 3.76. The fourth-order valence-electron chi connectivity index (χ4n) is 6.46. The maximum absolute atomic E-state index is 5.22. The van der Waals surface area contributed by atoms with E-state index in [1.54, 1.807) is 11.3 Å². The van der Waals surface area contributed by atoms with Crippen LogP contribution in [0.2, 0.25) is 0 Å². The number of hydrogen-bond donors (Lipinski definition) is 0. The summed E-state index contributed by atoms with van der Waals surface area (Å²) in [6.07, 6.45) is 0. The van der Waals surface area contributed by atoms with Gasteiger partial charge in [-0.05, 0) is 64.7 Å². The van der Waals surface area contributed by atoms with Gasteiger partial charge in [0, 0.05) is 32.4 Å². The number of anilines is 3. The first-order valence-corrected chi connectivity index (χ1v) is 17.3. The molecule has 9 aromatic rings. The van der Waals surface area contributed by atoms with Crippen molar-refractivity contribution in [2.24, 2.45) is 0 Å². The molecule has 0 N–H and O–H groups in total. The molecule has 0 aliphatic heterocycles. The Balaban J connectivity index is 1.25. The van der Waals surface area contributed by atoms with E-state index in [1.165, 1.54) is 47.1 Å². The standard InChI is InChI=1S/C43H28N2S2/c1-4-12-29(13-5-1)31-22-24-34(25-23-31)45(35-19-10-18-33(28-35)30-14-6-2-7-15-30)37-21-11-20-36-40-38(46-42(36)37)26-27-39-41(40)44-43(47-39)32-16-8-3-9-17-32/h1-28H. The summed E-state index contributed by atoms with van der Waals surface area (Å²) in [6, 6.07) is 60.7. The molecule has 2 aromatic heterocycles. The van der Waals surface area contributed by atoms with E-state index in [9.17, 15) is 0 Å². The van der Waals surface area contributed by atoms with Crippen LogP contribution < -0.4 is 4.90 Å². The van der Waals surface area contributed by atoms with E-state index in [2.05, 4.69) is 175 Å². The van der Waals surface area contributed by atoms with E-state index < -0.39 is 0 Å². The normalized spacial score (nSPS) is 11.4. The van der Waals surface area contributed by atoms with E-state index in [4.69, 9.17) is 4.98 Å². The second-order valence-electron chi connectivity index (χ2n) is 11.6.